The molecule has 0 bridgehead atoms. The Balaban J connectivity index is 1.65. The third-order valence-corrected chi connectivity index (χ3v) is 4.64. The maximum absolute atomic E-state index is 11.2. The summed E-state index contributed by atoms with van der Waals surface area (Å²) < 4.78 is 10.6. The number of methoxy groups -OCH3 is 2. The molecule has 0 aliphatic carbocycles. The van der Waals surface area contributed by atoms with Crippen molar-refractivity contribution in [2.45, 2.75) is 18.9 Å². The van der Waals surface area contributed by atoms with Crippen LogP contribution in [0.25, 0.3) is 0 Å². The van der Waals surface area contributed by atoms with Crippen LogP contribution in [0.2, 0.25) is 0 Å². The summed E-state index contributed by atoms with van der Waals surface area (Å²) in [5.74, 6) is 1.48. The molecule has 26 heavy (non-hydrogen) atoms. The Morgan fingerprint density at radius 3 is 2.27 bits per heavy atom. The molecular formula is C19H23N3O4. The maximum Gasteiger partial charge on any atom is 0.292 e. The Hall–Kier alpha value is -2.96. The summed E-state index contributed by atoms with van der Waals surface area (Å²) >= 11 is 0. The van der Waals surface area contributed by atoms with Gasteiger partial charge in [0.2, 0.25) is 0 Å². The molecule has 1 aliphatic heterocycles. The maximum atomic E-state index is 11.2. The minimum atomic E-state index is -0.317. The molecule has 2 aromatic carbocycles. The molecular weight excluding hydrogens is 334 g/mol. The van der Waals surface area contributed by atoms with Crippen molar-refractivity contribution in [3.63, 3.8) is 0 Å². The van der Waals surface area contributed by atoms with Crippen molar-refractivity contribution in [3.8, 4) is 11.5 Å². The summed E-state index contributed by atoms with van der Waals surface area (Å²) in [6.45, 7) is 1.53. The van der Waals surface area contributed by atoms with Gasteiger partial charge in [-0.3, -0.25) is 10.1 Å². The van der Waals surface area contributed by atoms with Crippen molar-refractivity contribution in [2.24, 2.45) is 0 Å². The highest BCUT2D eigenvalue weighted by atomic mass is 16.6. The van der Waals surface area contributed by atoms with Gasteiger partial charge in [0, 0.05) is 49.1 Å². The van der Waals surface area contributed by atoms with Gasteiger partial charge in [-0.15, -0.1) is 0 Å². The van der Waals surface area contributed by atoms with Gasteiger partial charge in [0.15, 0.2) is 0 Å². The van der Waals surface area contributed by atoms with Gasteiger partial charge in [-0.1, -0.05) is 12.1 Å². The van der Waals surface area contributed by atoms with Gasteiger partial charge in [0.25, 0.3) is 5.69 Å². The monoisotopic (exact) mass is 357 g/mol. The molecule has 0 atom stereocenters. The van der Waals surface area contributed by atoms with Gasteiger partial charge >= 0.3 is 0 Å². The SMILES string of the molecule is COc1cc(NC2CCN(c3ccccc3[N+](=O)[O-])CC2)cc(OC)c1. The van der Waals surface area contributed by atoms with E-state index >= 15 is 0 Å². The molecule has 1 heterocycles. The van der Waals surface area contributed by atoms with Crippen molar-refractivity contribution in [1.29, 1.82) is 0 Å². The number of hydrogen-bond donors (Lipinski definition) is 1. The normalized spacial score (nSPS) is 14.8. The van der Waals surface area contributed by atoms with E-state index in [1.54, 1.807) is 26.4 Å². The van der Waals surface area contributed by atoms with Crippen LogP contribution in [0, 0.1) is 10.1 Å². The molecule has 0 amide bonds. The topological polar surface area (TPSA) is 76.9 Å². The fourth-order valence-electron chi connectivity index (χ4n) is 3.28. The molecule has 0 aromatic heterocycles. The van der Waals surface area contributed by atoms with Crippen LogP contribution in [0.3, 0.4) is 0 Å². The summed E-state index contributed by atoms with van der Waals surface area (Å²) in [5, 5.41) is 14.8. The number of nitro benzene ring substituents is 1. The van der Waals surface area contributed by atoms with Crippen LogP contribution in [0.5, 0.6) is 11.5 Å². The summed E-state index contributed by atoms with van der Waals surface area (Å²) in [5.41, 5.74) is 1.81. The number of nitrogens with one attached hydrogen (secondary N) is 1. The number of nitrogens with zero attached hydrogens (tertiary/aromatic N) is 2. The van der Waals surface area contributed by atoms with Crippen LogP contribution in [-0.4, -0.2) is 38.3 Å². The lowest BCUT2D eigenvalue weighted by Crippen LogP contribution is -2.39. The van der Waals surface area contributed by atoms with E-state index in [1.165, 1.54) is 0 Å². The first-order valence-corrected chi connectivity index (χ1v) is 8.58. The van der Waals surface area contributed by atoms with Crippen LogP contribution in [0.1, 0.15) is 12.8 Å². The van der Waals surface area contributed by atoms with Gasteiger partial charge in [0.1, 0.15) is 17.2 Å². The van der Waals surface area contributed by atoms with Gasteiger partial charge in [-0.25, -0.2) is 0 Å². The third kappa shape index (κ3) is 3.99. The average molecular weight is 357 g/mol. The van der Waals surface area contributed by atoms with E-state index in [4.69, 9.17) is 9.47 Å². The standard InChI is InChI=1S/C19H23N3O4/c1-25-16-11-15(12-17(13-16)26-2)20-14-7-9-21(10-8-14)18-5-3-4-6-19(18)22(23)24/h3-6,11-14,20H,7-10H2,1-2H3. The Morgan fingerprint density at radius 2 is 1.69 bits per heavy atom. The van der Waals surface area contributed by atoms with Crippen LogP contribution >= 0.6 is 0 Å². The summed E-state index contributed by atoms with van der Waals surface area (Å²) in [6.07, 6.45) is 1.79. The Morgan fingerprint density at radius 1 is 1.08 bits per heavy atom. The zero-order valence-electron chi connectivity index (χ0n) is 15.0. The first-order chi connectivity index (χ1) is 12.6. The van der Waals surface area contributed by atoms with Crippen LogP contribution in [-0.2, 0) is 0 Å². The highest BCUT2D eigenvalue weighted by molar-refractivity contribution is 5.63. The highest BCUT2D eigenvalue weighted by Crippen LogP contribution is 2.31. The molecule has 0 spiro atoms. The largest absolute Gasteiger partial charge is 0.497 e. The molecule has 0 radical (unpaired) electrons. The van der Waals surface area contributed by atoms with Crippen LogP contribution in [0.15, 0.2) is 42.5 Å². The lowest BCUT2D eigenvalue weighted by atomic mass is 10.0. The van der Waals surface area contributed by atoms with Crippen molar-refractivity contribution in [1.82, 2.24) is 0 Å². The lowest BCUT2D eigenvalue weighted by molar-refractivity contribution is -0.384. The van der Waals surface area contributed by atoms with Crippen molar-refractivity contribution >= 4 is 17.1 Å². The number of piperidine rings is 1. The molecule has 2 aromatic rings. The van der Waals surface area contributed by atoms with E-state index in [9.17, 15) is 10.1 Å². The quantitative estimate of drug-likeness (QED) is 0.627. The van der Waals surface area contributed by atoms with E-state index in [0.717, 1.165) is 43.1 Å². The number of rotatable bonds is 6. The molecule has 1 N–H and O–H groups in total. The number of para-hydroxylation sites is 2. The first-order valence-electron chi connectivity index (χ1n) is 8.58. The molecule has 3 rings (SSSR count). The van der Waals surface area contributed by atoms with Gasteiger partial charge in [0.05, 0.1) is 19.1 Å². The predicted molar refractivity (Wildman–Crippen MR) is 102 cm³/mol. The molecule has 7 heteroatoms. The van der Waals surface area contributed by atoms with Crippen LogP contribution in [0.4, 0.5) is 17.1 Å². The molecule has 7 nitrogen and oxygen atoms in total. The van der Waals surface area contributed by atoms with E-state index in [-0.39, 0.29) is 10.6 Å². The number of nitro groups is 1. The summed E-state index contributed by atoms with van der Waals surface area (Å²) in [6, 6.07) is 12.9. The molecule has 0 unspecified atom stereocenters. The second-order valence-electron chi connectivity index (χ2n) is 6.25. The number of anilines is 2. The zero-order chi connectivity index (χ0) is 18.5. The fraction of sp³-hybridized carbons (Fsp3) is 0.368. The second-order valence-corrected chi connectivity index (χ2v) is 6.25. The van der Waals surface area contributed by atoms with Crippen LogP contribution < -0.4 is 19.7 Å². The molecule has 1 aliphatic rings. The number of ether oxygens (including phenoxy) is 2. The molecule has 1 saturated heterocycles. The van der Waals surface area contributed by atoms with Crippen molar-refractivity contribution in [3.05, 3.63) is 52.6 Å². The van der Waals surface area contributed by atoms with Gasteiger partial charge in [-0.05, 0) is 18.9 Å². The average Bonchev–Trinajstić information content (AvgIpc) is 2.68. The molecule has 0 saturated carbocycles. The van der Waals surface area contributed by atoms with E-state index < -0.39 is 0 Å². The van der Waals surface area contributed by atoms with E-state index in [0.29, 0.717) is 11.7 Å². The fourth-order valence-corrected chi connectivity index (χ4v) is 3.28. The third-order valence-electron chi connectivity index (χ3n) is 4.64. The highest BCUT2D eigenvalue weighted by Gasteiger charge is 2.24. The zero-order valence-corrected chi connectivity index (χ0v) is 15.0. The predicted octanol–water partition coefficient (Wildman–Crippen LogP) is 3.69. The minimum Gasteiger partial charge on any atom is -0.497 e. The minimum absolute atomic E-state index is 0.163. The lowest BCUT2D eigenvalue weighted by Gasteiger charge is -2.34. The van der Waals surface area contributed by atoms with Gasteiger partial charge in [-0.2, -0.15) is 0 Å². The first kappa shape index (κ1) is 17.8. The van der Waals surface area contributed by atoms with E-state index in [2.05, 4.69) is 10.2 Å². The van der Waals surface area contributed by atoms with E-state index in [1.807, 2.05) is 30.3 Å². The number of benzene rings is 2. The Kier molecular flexibility index (Phi) is 5.46. The number of hydrogen-bond acceptors (Lipinski definition) is 6. The molecule has 1 fully saturated rings. The molecule has 138 valence electrons. The van der Waals surface area contributed by atoms with Crippen molar-refractivity contribution < 1.29 is 14.4 Å². The smallest absolute Gasteiger partial charge is 0.292 e. The van der Waals surface area contributed by atoms with Gasteiger partial charge < -0.3 is 19.7 Å². The summed E-state index contributed by atoms with van der Waals surface area (Å²) in [7, 11) is 3.26. The Labute approximate surface area is 152 Å². The summed E-state index contributed by atoms with van der Waals surface area (Å²) in [4.78, 5) is 13.0. The second kappa shape index (κ2) is 7.95. The van der Waals surface area contributed by atoms with Crippen molar-refractivity contribution in [2.75, 3.05) is 37.5 Å². The Bertz CT molecular complexity index is 751.